The molecule has 44 heavy (non-hydrogen) atoms. The van der Waals surface area contributed by atoms with Crippen LogP contribution in [-0.4, -0.2) is 82.2 Å². The number of aliphatic carboxylic acids is 2. The molecule has 2 aliphatic heterocycles. The van der Waals surface area contributed by atoms with E-state index in [1.54, 1.807) is 0 Å². The maximum atomic E-state index is 13.2. The second kappa shape index (κ2) is 12.1. The molecule has 4 rings (SSSR count). The van der Waals surface area contributed by atoms with Crippen LogP contribution in [-0.2, 0) is 24.0 Å². The Bertz CT molecular complexity index is 1700. The maximum absolute atomic E-state index is 13.2. The van der Waals surface area contributed by atoms with Crippen molar-refractivity contribution in [3.8, 4) is 0 Å². The molecule has 2 amide bonds. The number of hydrogen-bond acceptors (Lipinski definition) is 14. The fourth-order valence-corrected chi connectivity index (χ4v) is 5.78. The van der Waals surface area contributed by atoms with Crippen molar-refractivity contribution in [3.05, 3.63) is 72.4 Å². The molecule has 5 N–H and O–H groups in total. The van der Waals surface area contributed by atoms with Gasteiger partial charge in [0.15, 0.2) is 10.8 Å². The van der Waals surface area contributed by atoms with Crippen molar-refractivity contribution in [3.63, 3.8) is 0 Å². The number of carboxylic acids is 2. The Kier molecular flexibility index (Phi) is 8.67. The predicted molar refractivity (Wildman–Crippen MR) is 154 cm³/mol. The summed E-state index contributed by atoms with van der Waals surface area (Å²) in [6.45, 7) is 2.39. The minimum Gasteiger partial charge on any atom is -0.478 e. The van der Waals surface area contributed by atoms with E-state index in [4.69, 9.17) is 10.6 Å². The number of anilines is 1. The summed E-state index contributed by atoms with van der Waals surface area (Å²) in [6.07, 6.45) is 2.48. The van der Waals surface area contributed by atoms with Crippen LogP contribution in [0.5, 0.6) is 0 Å². The highest BCUT2D eigenvalue weighted by molar-refractivity contribution is 8.00. The van der Waals surface area contributed by atoms with Gasteiger partial charge < -0.3 is 26.1 Å². The number of nitrogens with two attached hydrogens (primary N) is 1. The lowest BCUT2D eigenvalue weighted by molar-refractivity contribution is -0.394. The highest BCUT2D eigenvalue weighted by Crippen LogP contribution is 2.41. The SMILES string of the molecule is CC(C)(O/N=C(/C(=O)N[C@@H]1C(=O)N2C(C(=O)O)=C(/C=C/c3ccc([N+](=O)[O-])cc3[N+](=O)[O-])CS[C@H]12)c1csc(N)n1)C(=O)O. The number of nitrogen functional groups attached to an aromatic ring is 1. The smallest absolute Gasteiger partial charge is 0.352 e. The molecular formula is C24H21N7O11S2. The molecule has 1 aromatic carbocycles. The molecule has 0 spiro atoms. The van der Waals surface area contributed by atoms with Gasteiger partial charge in [-0.05, 0) is 31.6 Å². The van der Waals surface area contributed by atoms with Crippen LogP contribution in [0.25, 0.3) is 6.08 Å². The lowest BCUT2D eigenvalue weighted by Crippen LogP contribution is -2.71. The second-order valence-electron chi connectivity index (χ2n) is 9.55. The number of thioether (sulfide) groups is 1. The van der Waals surface area contributed by atoms with E-state index in [0.29, 0.717) is 0 Å². The Labute approximate surface area is 254 Å². The molecule has 20 heteroatoms. The number of carbonyl (C=O) groups excluding carboxylic acids is 2. The molecule has 1 fully saturated rings. The van der Waals surface area contributed by atoms with Crippen molar-refractivity contribution in [1.82, 2.24) is 15.2 Å². The van der Waals surface area contributed by atoms with Crippen molar-refractivity contribution in [1.29, 1.82) is 0 Å². The number of rotatable bonds is 11. The van der Waals surface area contributed by atoms with Crippen LogP contribution in [0.4, 0.5) is 16.5 Å². The number of hydrogen-bond donors (Lipinski definition) is 4. The number of amides is 2. The number of aromatic nitrogens is 1. The van der Waals surface area contributed by atoms with E-state index < -0.39 is 73.4 Å². The van der Waals surface area contributed by atoms with Crippen LogP contribution < -0.4 is 11.1 Å². The number of oxime groups is 1. The van der Waals surface area contributed by atoms with Gasteiger partial charge in [-0.25, -0.2) is 14.6 Å². The number of carbonyl (C=O) groups is 4. The van der Waals surface area contributed by atoms with E-state index in [-0.39, 0.29) is 27.7 Å². The Balaban J connectivity index is 1.58. The normalized spacial score (nSPS) is 18.5. The standard InChI is InChI=1S/C24H21N7O11S2/c1-24(2,22(36)37)42-28-15(13-9-44-23(25)26-13)18(32)27-16-19(33)29-17(21(34)35)11(8-43-20(16)29)4-3-10-5-6-12(30(38)39)7-14(10)31(40)41/h3-7,9,16,20H,8H2,1-2H3,(H2,25,26)(H,27,32)(H,34,35)(H,36,37)/b4-3+,28-15+/t16-,20-/m1/s1. The summed E-state index contributed by atoms with van der Waals surface area (Å²) in [6, 6.07) is 1.76. The van der Waals surface area contributed by atoms with Crippen LogP contribution in [0.2, 0.25) is 0 Å². The molecule has 230 valence electrons. The van der Waals surface area contributed by atoms with Crippen LogP contribution in [0, 0.1) is 20.2 Å². The third-order valence-corrected chi connectivity index (χ3v) is 8.21. The number of nitrogens with zero attached hydrogens (tertiary/aromatic N) is 5. The zero-order chi connectivity index (χ0) is 32.5. The van der Waals surface area contributed by atoms with Gasteiger partial charge in [0, 0.05) is 17.2 Å². The third kappa shape index (κ3) is 6.20. The predicted octanol–water partition coefficient (Wildman–Crippen LogP) is 1.58. The van der Waals surface area contributed by atoms with Gasteiger partial charge in [0.1, 0.15) is 22.8 Å². The van der Waals surface area contributed by atoms with Crippen LogP contribution in [0.3, 0.4) is 0 Å². The number of thiazole rings is 1. The van der Waals surface area contributed by atoms with Gasteiger partial charge in [0.25, 0.3) is 23.2 Å². The Morgan fingerprint density at radius 2 is 1.93 bits per heavy atom. The molecular weight excluding hydrogens is 626 g/mol. The average Bonchev–Trinajstić information content (AvgIpc) is 3.39. The fourth-order valence-electron chi connectivity index (χ4n) is 3.92. The zero-order valence-electron chi connectivity index (χ0n) is 22.5. The second-order valence-corrected chi connectivity index (χ2v) is 11.5. The summed E-state index contributed by atoms with van der Waals surface area (Å²) < 4.78 is 0. The molecule has 0 radical (unpaired) electrons. The first kappa shape index (κ1) is 31.6. The number of nitro groups is 2. The summed E-state index contributed by atoms with van der Waals surface area (Å²) in [5, 5.41) is 48.4. The van der Waals surface area contributed by atoms with Crippen LogP contribution in [0.1, 0.15) is 25.1 Å². The first-order valence-electron chi connectivity index (χ1n) is 12.2. The Hall–Kier alpha value is -5.37. The summed E-state index contributed by atoms with van der Waals surface area (Å²) in [4.78, 5) is 80.7. The number of carboxylic acid groups (broad SMARTS) is 2. The van der Waals surface area contributed by atoms with E-state index in [2.05, 4.69) is 15.5 Å². The van der Waals surface area contributed by atoms with Crippen LogP contribution >= 0.6 is 23.1 Å². The van der Waals surface area contributed by atoms with Gasteiger partial charge in [0.2, 0.25) is 5.60 Å². The number of fused-ring (bicyclic) bond motifs is 1. The minimum atomic E-state index is -1.82. The van der Waals surface area contributed by atoms with Crippen molar-refractivity contribution < 1.29 is 44.1 Å². The van der Waals surface area contributed by atoms with E-state index in [0.717, 1.165) is 46.2 Å². The first-order chi connectivity index (χ1) is 20.6. The molecule has 3 heterocycles. The van der Waals surface area contributed by atoms with Crippen molar-refractivity contribution in [2.75, 3.05) is 11.5 Å². The third-order valence-electron chi connectivity index (χ3n) is 6.23. The molecule has 18 nitrogen and oxygen atoms in total. The highest BCUT2D eigenvalue weighted by Gasteiger charge is 2.54. The Morgan fingerprint density at radius 3 is 2.50 bits per heavy atom. The first-order valence-corrected chi connectivity index (χ1v) is 14.1. The topological polar surface area (TPSA) is 271 Å². The van der Waals surface area contributed by atoms with Crippen molar-refractivity contribution >= 4 is 75.1 Å². The maximum Gasteiger partial charge on any atom is 0.352 e. The number of non-ortho nitro benzene ring substituents is 1. The summed E-state index contributed by atoms with van der Waals surface area (Å²) in [5.41, 5.74) is 1.89. The lowest BCUT2D eigenvalue weighted by Gasteiger charge is -2.49. The molecule has 2 aliphatic rings. The largest absolute Gasteiger partial charge is 0.478 e. The fraction of sp³-hybridized carbons (Fsp3) is 0.250. The molecule has 0 aliphatic carbocycles. The van der Waals surface area contributed by atoms with Gasteiger partial charge in [0.05, 0.1) is 21.5 Å². The number of β-lactam (4-membered cyclic amide) rings is 1. The van der Waals surface area contributed by atoms with Gasteiger partial charge in [-0.1, -0.05) is 11.2 Å². The Morgan fingerprint density at radius 1 is 1.23 bits per heavy atom. The van der Waals surface area contributed by atoms with E-state index in [1.165, 1.54) is 31.4 Å². The van der Waals surface area contributed by atoms with Gasteiger partial charge in [-0.3, -0.25) is 34.7 Å². The molecule has 0 bridgehead atoms. The number of nitrogens with one attached hydrogen (secondary N) is 1. The molecule has 1 aromatic heterocycles. The monoisotopic (exact) mass is 647 g/mol. The van der Waals surface area contributed by atoms with Crippen molar-refractivity contribution in [2.45, 2.75) is 30.9 Å². The highest BCUT2D eigenvalue weighted by atomic mass is 32.2. The van der Waals surface area contributed by atoms with E-state index in [9.17, 15) is 49.6 Å². The number of allylic oxidation sites excluding steroid dienone is 1. The molecule has 2 aromatic rings. The van der Waals surface area contributed by atoms with Crippen LogP contribution in [0.15, 0.2) is 46.1 Å². The molecule has 2 atom stereocenters. The number of benzene rings is 1. The van der Waals surface area contributed by atoms with E-state index in [1.807, 2.05) is 0 Å². The van der Waals surface area contributed by atoms with Gasteiger partial charge >= 0.3 is 11.9 Å². The summed E-state index contributed by atoms with van der Waals surface area (Å²) in [5.74, 6) is -4.59. The number of nitro benzene ring substituents is 2. The zero-order valence-corrected chi connectivity index (χ0v) is 24.2. The van der Waals surface area contributed by atoms with Crippen molar-refractivity contribution in [2.24, 2.45) is 5.16 Å². The molecule has 0 saturated carbocycles. The van der Waals surface area contributed by atoms with Gasteiger partial charge in [-0.15, -0.1) is 23.1 Å². The quantitative estimate of drug-likeness (QED) is 0.117. The summed E-state index contributed by atoms with van der Waals surface area (Å²) in [7, 11) is 0. The molecule has 0 unspecified atom stereocenters. The van der Waals surface area contributed by atoms with Gasteiger partial charge in [-0.2, -0.15) is 0 Å². The van der Waals surface area contributed by atoms with E-state index >= 15 is 0 Å². The lowest BCUT2D eigenvalue weighted by atomic mass is 10.0. The minimum absolute atomic E-state index is 0.0131. The molecule has 1 saturated heterocycles. The average molecular weight is 648 g/mol. The summed E-state index contributed by atoms with van der Waals surface area (Å²) >= 11 is 2.06.